The van der Waals surface area contributed by atoms with E-state index in [1.165, 1.54) is 86.4 Å². The Morgan fingerprint density at radius 3 is 1.01 bits per heavy atom. The quantitative estimate of drug-likeness (QED) is 0.0110. The lowest BCUT2D eigenvalue weighted by molar-refractivity contribution is -0.117. The number of imidazole rings is 1. The first-order chi connectivity index (χ1) is 53.6. The lowest BCUT2D eigenvalue weighted by Gasteiger charge is -2.06. The van der Waals surface area contributed by atoms with E-state index < -0.39 is 9.84 Å². The monoisotopic (exact) mass is 1660 g/mol. The number of amidine groups is 1. The van der Waals surface area contributed by atoms with E-state index in [0.717, 1.165) is 128 Å². The highest BCUT2D eigenvalue weighted by atomic mass is 32.2. The second kappa shape index (κ2) is 134. The summed E-state index contributed by atoms with van der Waals surface area (Å²) in [5, 5.41) is 22.5. The molecule has 0 amide bonds. The number of Topliss-reactive ketones (excluding diaryl/α,β-unsaturated/α-hetero) is 6. The summed E-state index contributed by atoms with van der Waals surface area (Å²) < 4.78 is 31.1. The SMILES string of the molecule is C.CC.CC(C)C.CC(C)O.CC(C)OCc1ccccc1.CCC.CCC(C)=O.CCC(C)=O.CCCC(C)=O.CCCC(C)=O.CCCCC.CCCCC(C)=O.CCCCCC(=N)N.CCCCCN.CCCN.CCCS(C)(=O)=O.CCO.CCOCc1ccccc1.CCc1ccc(C(C)=O)cc1.CCc1cnc[nH]1. The van der Waals surface area contributed by atoms with Crippen LogP contribution in [0.1, 0.15) is 403 Å². The van der Waals surface area contributed by atoms with E-state index in [4.69, 9.17) is 42.3 Å². The van der Waals surface area contributed by atoms with Crippen LogP contribution in [0.3, 0.4) is 0 Å². The third-order valence-electron chi connectivity index (χ3n) is 12.0. The highest BCUT2D eigenvalue weighted by Crippen LogP contribution is 2.06. The van der Waals surface area contributed by atoms with Gasteiger partial charge in [0.05, 0.1) is 31.5 Å². The van der Waals surface area contributed by atoms with Gasteiger partial charge in [-0.3, -0.25) is 10.2 Å². The minimum Gasteiger partial charge on any atom is -0.397 e. The maximum atomic E-state index is 10.8. The molecule has 18 nitrogen and oxygen atoms in total. The van der Waals surface area contributed by atoms with Crippen molar-refractivity contribution in [2.24, 2.45) is 23.1 Å². The minimum absolute atomic E-state index is 0. The highest BCUT2D eigenvalue weighted by molar-refractivity contribution is 7.90. The molecule has 115 heavy (non-hydrogen) atoms. The zero-order valence-corrected chi connectivity index (χ0v) is 81.3. The lowest BCUT2D eigenvalue weighted by Crippen LogP contribution is -2.08. The van der Waals surface area contributed by atoms with Crippen LogP contribution in [-0.4, -0.2) is 120 Å². The topological polar surface area (TPSA) is 326 Å². The molecule has 1 aromatic heterocycles. The van der Waals surface area contributed by atoms with Gasteiger partial charge in [-0.05, 0) is 177 Å². The number of ketones is 6. The molecule has 0 spiro atoms. The summed E-state index contributed by atoms with van der Waals surface area (Å²) in [6.45, 7) is 66.4. The maximum absolute atomic E-state index is 10.8. The van der Waals surface area contributed by atoms with Crippen LogP contribution in [0.5, 0.6) is 0 Å². The number of hydrogen-bond acceptors (Lipinski definition) is 16. The molecule has 0 bridgehead atoms. The van der Waals surface area contributed by atoms with Crippen LogP contribution < -0.4 is 17.2 Å². The van der Waals surface area contributed by atoms with Gasteiger partial charge in [-0.2, -0.15) is 0 Å². The molecule has 0 atom stereocenters. The van der Waals surface area contributed by atoms with E-state index in [0.29, 0.717) is 36.3 Å². The number of ether oxygens (including phenoxy) is 2. The molecular weight excluding hydrogens is 1460 g/mol. The molecule has 686 valence electrons. The van der Waals surface area contributed by atoms with Crippen LogP contribution in [0.2, 0.25) is 0 Å². The molecule has 0 saturated heterocycles. The Hall–Kier alpha value is -5.93. The summed E-state index contributed by atoms with van der Waals surface area (Å²) in [6.07, 6.45) is 29.8. The van der Waals surface area contributed by atoms with Crippen LogP contribution in [0, 0.1) is 11.3 Å². The third-order valence-corrected chi connectivity index (χ3v) is 13.1. The smallest absolute Gasteiger partial charge is 0.159 e. The van der Waals surface area contributed by atoms with Crippen molar-refractivity contribution in [3.8, 4) is 0 Å². The Bertz CT molecular complexity index is 2470. The number of hydrogen-bond donors (Lipinski definition) is 7. The molecule has 0 fully saturated rings. The average molecular weight is 1660 g/mol. The summed E-state index contributed by atoms with van der Waals surface area (Å²) in [5.41, 5.74) is 21.1. The van der Waals surface area contributed by atoms with E-state index in [-0.39, 0.29) is 49.1 Å². The molecule has 3 aromatic carbocycles. The normalized spacial score (nSPS) is 8.83. The Morgan fingerprint density at radius 1 is 0.487 bits per heavy atom. The Balaban J connectivity index is -0.0000000651. The predicted molar refractivity (Wildman–Crippen MR) is 509 cm³/mol. The van der Waals surface area contributed by atoms with Gasteiger partial charge in [-0.25, -0.2) is 13.4 Å². The zero-order valence-electron chi connectivity index (χ0n) is 80.5. The number of aliphatic hydroxyl groups is 2. The van der Waals surface area contributed by atoms with Crippen LogP contribution in [0.15, 0.2) is 97.5 Å². The number of nitrogens with one attached hydrogen (secondary N) is 2. The standard InChI is InChI=1S/C10H14O.C10H12O.C9H12O.C6H14N2.C6H12O.C5H8N2.C5H13N.2C5H10O.C5H12.C4H10O2S.2C4H8O.C4H10.C3H9N.C3H8O.C3H8.C2H6O.C2H6.CH4/c1-9(2)11-8-10-6-4-3-5-7-10;1-3-9-4-6-10(7-5-9)8(2)11;1-2-10-8-9-6-4-3-5-7-9;1-2-3-4-5-6(7)8;1-3-4-5-6(2)7;1-2-5-3-6-4-7-5;1-2-3-4-5-6;2*1-3-4-5(2)6;1-3-5-4-2;1-3-4-7(2,5)6;2*1-3-4(2)5;1-4(2)3;1-2-3-4;1-3(2)4;1-3-2;1-2-3;1-2;/h3-7,9H,8H2,1-2H3;4-7H,3H2,1-2H3;3-7H,2,8H2,1H3;2-5H2,1H3,(H3,7,8);3-5H2,1-2H3;3-4H,2H2,1H3,(H,6,7);2-6H2,1H3;2*3-4H2,1-2H3;3-5H2,1-2H3;3-4H2,1-2H3;2*3H2,1-2H3;4H,1-3H3;2-4H2,1H3;3-4H,1-2H3;3H2,1-2H3;3H,2H2,1H3;1-2H3;1H4. The first kappa shape index (κ1) is 147. The molecule has 4 aromatic rings. The number of carbonyl (C=O) groups is 6. The number of aromatic amines is 1. The summed E-state index contributed by atoms with van der Waals surface area (Å²) in [5.74, 6) is 2.99. The van der Waals surface area contributed by atoms with Gasteiger partial charge in [0.1, 0.15) is 38.8 Å². The molecule has 1 heterocycles. The second-order valence-electron chi connectivity index (χ2n) is 26.9. The van der Waals surface area contributed by atoms with Gasteiger partial charge in [-0.1, -0.05) is 289 Å². The van der Waals surface area contributed by atoms with E-state index in [1.54, 1.807) is 68.6 Å². The van der Waals surface area contributed by atoms with Crippen molar-refractivity contribution in [3.05, 3.63) is 125 Å². The van der Waals surface area contributed by atoms with Gasteiger partial charge in [-0.15, -0.1) is 0 Å². The van der Waals surface area contributed by atoms with Gasteiger partial charge in [0, 0.05) is 87.3 Å². The maximum Gasteiger partial charge on any atom is 0.159 e. The summed E-state index contributed by atoms with van der Waals surface area (Å²) >= 11 is 0. The Labute approximate surface area is 714 Å². The first-order valence-electron chi connectivity index (χ1n) is 43.1. The van der Waals surface area contributed by atoms with E-state index >= 15 is 0 Å². The molecule has 4 rings (SSSR count). The number of unbranched alkanes of at least 4 members (excludes halogenated alkanes) is 7. The number of nitrogens with zero attached hydrogens (tertiary/aromatic N) is 1. The van der Waals surface area contributed by atoms with Crippen molar-refractivity contribution in [1.29, 1.82) is 5.41 Å². The molecule has 0 unspecified atom stereocenters. The van der Waals surface area contributed by atoms with E-state index in [1.807, 2.05) is 136 Å². The van der Waals surface area contributed by atoms with Gasteiger partial charge < -0.3 is 65.8 Å². The zero-order chi connectivity index (χ0) is 92.2. The minimum atomic E-state index is -2.67. The van der Waals surface area contributed by atoms with Gasteiger partial charge in [0.2, 0.25) is 0 Å². The number of H-pyrrole nitrogens is 1. The molecule has 0 saturated carbocycles. The van der Waals surface area contributed by atoms with E-state index in [2.05, 4.69) is 124 Å². The fourth-order valence-electron chi connectivity index (χ4n) is 5.90. The number of aromatic nitrogens is 2. The number of carbonyl (C=O) groups excluding carboxylic acids is 6. The number of aryl methyl sites for hydroxylation is 2. The van der Waals surface area contributed by atoms with Crippen LogP contribution in [-0.2, 0) is 69.3 Å². The lowest BCUT2D eigenvalue weighted by atomic mass is 10.1. The first-order valence-corrected chi connectivity index (χ1v) is 45.2. The van der Waals surface area contributed by atoms with Crippen molar-refractivity contribution in [2.45, 2.75) is 409 Å². The number of benzene rings is 3. The molecule has 0 radical (unpaired) electrons. The van der Waals surface area contributed by atoms with Crippen molar-refractivity contribution in [3.63, 3.8) is 0 Å². The van der Waals surface area contributed by atoms with Crippen molar-refractivity contribution < 1.29 is 56.9 Å². The van der Waals surface area contributed by atoms with Crippen molar-refractivity contribution >= 4 is 50.4 Å². The summed E-state index contributed by atoms with van der Waals surface area (Å²) in [4.78, 5) is 67.6. The Morgan fingerprint density at radius 2 is 0.835 bits per heavy atom. The molecule has 10 N–H and O–H groups in total. The van der Waals surface area contributed by atoms with Gasteiger partial charge in [0.15, 0.2) is 5.78 Å². The summed E-state index contributed by atoms with van der Waals surface area (Å²) in [7, 11) is -2.67. The fraction of sp³-hybridized carbons (Fsp3) is 0.708. The number of nitrogens with two attached hydrogens (primary N) is 3. The fourth-order valence-corrected chi connectivity index (χ4v) is 6.64. The molecule has 0 aliphatic heterocycles. The van der Waals surface area contributed by atoms with Crippen LogP contribution in [0.25, 0.3) is 0 Å². The van der Waals surface area contributed by atoms with Gasteiger partial charge >= 0.3 is 0 Å². The van der Waals surface area contributed by atoms with Crippen LogP contribution >= 0.6 is 0 Å². The number of sulfone groups is 1. The summed E-state index contributed by atoms with van der Waals surface area (Å²) in [6, 6.07) is 28.1. The average Bonchev–Trinajstić information content (AvgIpc) is 1.55. The van der Waals surface area contributed by atoms with Crippen LogP contribution in [0.4, 0.5) is 0 Å². The largest absolute Gasteiger partial charge is 0.397 e. The van der Waals surface area contributed by atoms with Crippen molar-refractivity contribution in [2.75, 3.05) is 38.3 Å². The molecular formula is C96H194N6O12S. The molecule has 0 aliphatic carbocycles. The van der Waals surface area contributed by atoms with Gasteiger partial charge in [0.25, 0.3) is 0 Å². The number of aliphatic hydroxyl groups excluding tert-OH is 2. The third kappa shape index (κ3) is 228. The second-order valence-corrected chi connectivity index (χ2v) is 29.2. The number of rotatable bonds is 30. The predicted octanol–water partition coefficient (Wildman–Crippen LogP) is 25.5. The molecule has 0 aliphatic rings. The molecule has 19 heteroatoms. The highest BCUT2D eigenvalue weighted by Gasteiger charge is 1.98. The van der Waals surface area contributed by atoms with E-state index in [9.17, 15) is 37.2 Å². The Kier molecular flexibility index (Phi) is 172. The van der Waals surface area contributed by atoms with Crippen molar-refractivity contribution in [1.82, 2.24) is 9.97 Å².